The number of rotatable bonds is 6. The van der Waals surface area contributed by atoms with Crippen LogP contribution >= 0.6 is 11.6 Å². The third kappa shape index (κ3) is 5.60. The van der Waals surface area contributed by atoms with Crippen LogP contribution in [-0.4, -0.2) is 76.6 Å². The zero-order chi connectivity index (χ0) is 24.5. The number of hydrogen-bond acceptors (Lipinski definition) is 7. The lowest BCUT2D eigenvalue weighted by Gasteiger charge is -2.29. The molecule has 2 heterocycles. The maximum Gasteiger partial charge on any atom is 0.251 e. The van der Waals surface area contributed by atoms with E-state index in [1.54, 1.807) is 31.2 Å². The Labute approximate surface area is 201 Å². The van der Waals surface area contributed by atoms with Gasteiger partial charge in [0, 0.05) is 36.8 Å². The fraction of sp³-hybridized carbons (Fsp3) is 0.364. The quantitative estimate of drug-likeness (QED) is 0.546. The molecule has 0 spiro atoms. The fourth-order valence-corrected chi connectivity index (χ4v) is 5.44. The van der Waals surface area contributed by atoms with Gasteiger partial charge in [-0.25, -0.2) is 12.8 Å². The van der Waals surface area contributed by atoms with E-state index in [1.165, 1.54) is 16.8 Å². The number of halogens is 2. The van der Waals surface area contributed by atoms with Gasteiger partial charge in [-0.1, -0.05) is 11.6 Å². The van der Waals surface area contributed by atoms with Crippen LogP contribution in [0, 0.1) is 12.7 Å². The third-order valence-corrected chi connectivity index (χ3v) is 7.56. The summed E-state index contributed by atoms with van der Waals surface area (Å²) < 4.78 is 38.4. The number of sulfone groups is 1. The first-order chi connectivity index (χ1) is 16.1. The van der Waals surface area contributed by atoms with Gasteiger partial charge in [-0.15, -0.1) is 5.10 Å². The van der Waals surface area contributed by atoms with Gasteiger partial charge in [0.15, 0.2) is 15.7 Å². The summed E-state index contributed by atoms with van der Waals surface area (Å²) in [6, 6.07) is 8.97. The molecule has 2 aromatic carbocycles. The first-order valence-electron chi connectivity index (χ1n) is 10.7. The summed E-state index contributed by atoms with van der Waals surface area (Å²) in [5, 5.41) is 14.7. The SMILES string of the molecule is Cc1nnnn1-c1cc(C(=O)N[C@H](C)CN2CCS(=O)(=O)CC2)cc(-c2ccc(F)cc2Cl)c1. The van der Waals surface area contributed by atoms with Gasteiger partial charge >= 0.3 is 0 Å². The monoisotopic (exact) mass is 506 g/mol. The van der Waals surface area contributed by atoms with Crippen LogP contribution in [-0.2, 0) is 9.84 Å². The molecule has 0 bridgehead atoms. The largest absolute Gasteiger partial charge is 0.348 e. The van der Waals surface area contributed by atoms with Gasteiger partial charge in [0.05, 0.1) is 22.2 Å². The Hall–Kier alpha value is -2.89. The number of amides is 1. The lowest BCUT2D eigenvalue weighted by Crippen LogP contribution is -2.47. The van der Waals surface area contributed by atoms with Crippen molar-refractivity contribution in [2.45, 2.75) is 19.9 Å². The normalized spacial score (nSPS) is 16.8. The average molecular weight is 507 g/mol. The van der Waals surface area contributed by atoms with Gasteiger partial charge in [-0.3, -0.25) is 9.69 Å². The van der Waals surface area contributed by atoms with E-state index >= 15 is 0 Å². The molecule has 3 aromatic rings. The molecule has 180 valence electrons. The average Bonchev–Trinajstić information content (AvgIpc) is 3.21. The Kier molecular flexibility index (Phi) is 6.96. The number of hydrogen-bond donors (Lipinski definition) is 1. The minimum absolute atomic E-state index is 0.128. The Morgan fingerprint density at radius 3 is 2.59 bits per heavy atom. The number of nitrogens with zero attached hydrogens (tertiary/aromatic N) is 5. The summed E-state index contributed by atoms with van der Waals surface area (Å²) in [7, 11) is -2.97. The highest BCUT2D eigenvalue weighted by Crippen LogP contribution is 2.31. The Morgan fingerprint density at radius 1 is 1.21 bits per heavy atom. The van der Waals surface area contributed by atoms with Crippen molar-refractivity contribution in [1.82, 2.24) is 30.4 Å². The summed E-state index contributed by atoms with van der Waals surface area (Å²) in [5.74, 6) is 0.0100. The number of benzene rings is 2. The van der Waals surface area contributed by atoms with Crippen molar-refractivity contribution in [2.24, 2.45) is 0 Å². The molecule has 1 aliphatic heterocycles. The number of aryl methyl sites for hydroxylation is 1. The molecule has 1 aromatic heterocycles. The topological polar surface area (TPSA) is 110 Å². The Balaban J connectivity index is 1.60. The Bertz CT molecular complexity index is 1320. The maximum absolute atomic E-state index is 13.6. The molecule has 0 unspecified atom stereocenters. The fourth-order valence-electron chi connectivity index (χ4n) is 3.89. The van der Waals surface area contributed by atoms with E-state index in [-0.39, 0.29) is 28.5 Å². The molecular weight excluding hydrogens is 483 g/mol. The molecule has 9 nitrogen and oxygen atoms in total. The zero-order valence-electron chi connectivity index (χ0n) is 18.7. The first-order valence-corrected chi connectivity index (χ1v) is 12.9. The number of carbonyl (C=O) groups excluding carboxylic acids is 1. The lowest BCUT2D eigenvalue weighted by atomic mass is 10.0. The smallest absolute Gasteiger partial charge is 0.251 e. The molecule has 1 aliphatic rings. The number of carbonyl (C=O) groups is 1. The van der Waals surface area contributed by atoms with Crippen molar-refractivity contribution < 1.29 is 17.6 Å². The van der Waals surface area contributed by atoms with Gasteiger partial charge in [-0.2, -0.15) is 4.68 Å². The molecule has 0 aliphatic carbocycles. The van der Waals surface area contributed by atoms with Crippen LogP contribution in [0.25, 0.3) is 16.8 Å². The van der Waals surface area contributed by atoms with E-state index in [0.717, 1.165) is 0 Å². The molecule has 0 saturated carbocycles. The van der Waals surface area contributed by atoms with E-state index in [0.29, 0.717) is 47.8 Å². The second-order valence-electron chi connectivity index (χ2n) is 8.36. The van der Waals surface area contributed by atoms with Gasteiger partial charge in [0.25, 0.3) is 5.91 Å². The van der Waals surface area contributed by atoms with Crippen LogP contribution in [0.4, 0.5) is 4.39 Å². The van der Waals surface area contributed by atoms with Crippen LogP contribution in [0.3, 0.4) is 0 Å². The van der Waals surface area contributed by atoms with Crippen LogP contribution in [0.2, 0.25) is 5.02 Å². The van der Waals surface area contributed by atoms with Crippen molar-refractivity contribution in [3.05, 3.63) is 58.6 Å². The number of nitrogens with one attached hydrogen (secondary N) is 1. The standard InChI is InChI=1S/C22H24ClFN6O3S/c1-14(13-29-5-7-34(32,33)8-6-29)25-22(31)17-9-16(20-4-3-18(24)12-21(20)23)10-19(11-17)30-15(2)26-27-28-30/h3-4,9-12,14H,5-8,13H2,1-2H3,(H,25,31)/t14-/m1/s1. The second-order valence-corrected chi connectivity index (χ2v) is 11.1. The molecular formula is C22H24ClFN6O3S. The summed E-state index contributed by atoms with van der Waals surface area (Å²) in [5.41, 5.74) is 2.08. The highest BCUT2D eigenvalue weighted by molar-refractivity contribution is 7.91. The van der Waals surface area contributed by atoms with Crippen molar-refractivity contribution >= 4 is 27.3 Å². The molecule has 0 radical (unpaired) electrons. The molecule has 1 fully saturated rings. The Morgan fingerprint density at radius 2 is 1.94 bits per heavy atom. The van der Waals surface area contributed by atoms with Crippen molar-refractivity contribution in [1.29, 1.82) is 0 Å². The minimum atomic E-state index is -2.97. The second kappa shape index (κ2) is 9.77. The summed E-state index contributed by atoms with van der Waals surface area (Å²) in [6.45, 7) is 5.03. The molecule has 1 N–H and O–H groups in total. The summed E-state index contributed by atoms with van der Waals surface area (Å²) >= 11 is 6.28. The van der Waals surface area contributed by atoms with Gasteiger partial charge in [-0.05, 0) is 66.2 Å². The highest BCUT2D eigenvalue weighted by Gasteiger charge is 2.23. The van der Waals surface area contributed by atoms with Crippen LogP contribution in [0.15, 0.2) is 36.4 Å². The lowest BCUT2D eigenvalue weighted by molar-refractivity contribution is 0.0930. The molecule has 1 atom stereocenters. The zero-order valence-corrected chi connectivity index (χ0v) is 20.3. The van der Waals surface area contributed by atoms with Crippen LogP contribution in [0.1, 0.15) is 23.1 Å². The number of tetrazole rings is 1. The van der Waals surface area contributed by atoms with Gasteiger partial charge in [0.2, 0.25) is 0 Å². The predicted octanol–water partition coefficient (Wildman–Crippen LogP) is 2.28. The highest BCUT2D eigenvalue weighted by atomic mass is 35.5. The van der Waals surface area contributed by atoms with E-state index in [2.05, 4.69) is 20.8 Å². The summed E-state index contributed by atoms with van der Waals surface area (Å²) in [6.07, 6.45) is 0. The van der Waals surface area contributed by atoms with Gasteiger partial charge < -0.3 is 5.32 Å². The maximum atomic E-state index is 13.6. The molecule has 34 heavy (non-hydrogen) atoms. The minimum Gasteiger partial charge on any atom is -0.348 e. The molecule has 1 saturated heterocycles. The molecule has 12 heteroatoms. The summed E-state index contributed by atoms with van der Waals surface area (Å²) in [4.78, 5) is 15.2. The van der Waals surface area contributed by atoms with E-state index < -0.39 is 15.7 Å². The molecule has 1 amide bonds. The van der Waals surface area contributed by atoms with Gasteiger partial charge in [0.1, 0.15) is 5.82 Å². The van der Waals surface area contributed by atoms with Crippen LogP contribution < -0.4 is 5.32 Å². The van der Waals surface area contributed by atoms with Crippen LogP contribution in [0.5, 0.6) is 0 Å². The first kappa shape index (κ1) is 24.2. The van der Waals surface area contributed by atoms with E-state index in [1.807, 2.05) is 11.8 Å². The molecule has 4 rings (SSSR count). The van der Waals surface area contributed by atoms with Crippen molar-refractivity contribution in [3.8, 4) is 16.8 Å². The predicted molar refractivity (Wildman–Crippen MR) is 126 cm³/mol. The van der Waals surface area contributed by atoms with Crippen molar-refractivity contribution in [2.75, 3.05) is 31.1 Å². The third-order valence-electron chi connectivity index (χ3n) is 5.64. The van der Waals surface area contributed by atoms with Crippen molar-refractivity contribution in [3.63, 3.8) is 0 Å². The van der Waals surface area contributed by atoms with E-state index in [4.69, 9.17) is 11.6 Å². The van der Waals surface area contributed by atoms with E-state index in [9.17, 15) is 17.6 Å². The number of aromatic nitrogens is 4.